The number of halogens is 3. The largest absolute Gasteiger partial charge is 0.459 e. The predicted octanol–water partition coefficient (Wildman–Crippen LogP) is 4.32. The van der Waals surface area contributed by atoms with Crippen molar-refractivity contribution < 1.29 is 66.4 Å². The number of cyclic esters (lactones) is 1. The Kier molecular flexibility index (Phi) is 17.6. The van der Waals surface area contributed by atoms with Crippen LogP contribution in [0, 0.1) is 35.0 Å². The number of esters is 1. The highest BCUT2D eigenvalue weighted by atomic mass is 19.4. The number of methoxy groups -OCH3 is 1. The second kappa shape index (κ2) is 20.2. The predicted molar refractivity (Wildman–Crippen MR) is 202 cm³/mol. The van der Waals surface area contributed by atoms with Gasteiger partial charge in [0, 0.05) is 37.8 Å². The van der Waals surface area contributed by atoms with Crippen LogP contribution in [0.25, 0.3) is 0 Å². The van der Waals surface area contributed by atoms with Crippen LogP contribution in [-0.2, 0) is 38.0 Å². The Morgan fingerprint density at radius 2 is 1.70 bits per heavy atom. The number of nitriles is 1. The highest BCUT2D eigenvalue weighted by Gasteiger charge is 2.53. The molecule has 3 saturated heterocycles. The summed E-state index contributed by atoms with van der Waals surface area (Å²) in [5.41, 5.74) is -4.47. The number of alkyl halides is 3. The minimum absolute atomic E-state index is 0.0847. The fourth-order valence-electron chi connectivity index (χ4n) is 8.92. The van der Waals surface area contributed by atoms with E-state index in [0.29, 0.717) is 6.42 Å². The molecule has 0 saturated carbocycles. The summed E-state index contributed by atoms with van der Waals surface area (Å²) in [5, 5.41) is 50.5. The molecule has 0 bridgehead atoms. The number of rotatable bonds is 10. The maximum Gasteiger partial charge on any atom is 0.428 e. The van der Waals surface area contributed by atoms with Crippen LogP contribution in [0.1, 0.15) is 108 Å². The number of carbonyl (C=O) groups is 1. The molecule has 0 radical (unpaired) electrons. The van der Waals surface area contributed by atoms with Crippen LogP contribution in [0.4, 0.5) is 13.2 Å². The van der Waals surface area contributed by atoms with Crippen LogP contribution in [0.5, 0.6) is 0 Å². The second-order valence-corrected chi connectivity index (χ2v) is 17.4. The first-order valence-electron chi connectivity index (χ1n) is 20.4. The molecule has 0 aromatic heterocycles. The van der Waals surface area contributed by atoms with Gasteiger partial charge in [-0.2, -0.15) is 18.4 Å². The number of ether oxygens (including phenoxy) is 7. The number of hydrogen-bond donors (Lipinski definition) is 5. The SMILES string of the molecule is CC[C@H]1OC(=O)[C@H](C)[C@@H](O[C@H]2C[C@@](C)(OC)C(CC#N)[C@H](C)O2)[C@H](C)[C@@H](O[C@@H]2O[C@H](C)CC[C@H]2OC(NC)C(F)(F)F)[C@](C)(O)C[C@@H](C)CN[C@H](C)[C@@H](O)[C@]1(C)O. The molecule has 0 aromatic rings. The average molecular weight is 826 g/mol. The summed E-state index contributed by atoms with van der Waals surface area (Å²) >= 11 is 0. The maximum absolute atomic E-state index is 14.3. The van der Waals surface area contributed by atoms with Crippen LogP contribution < -0.4 is 10.6 Å². The maximum atomic E-state index is 14.3. The lowest BCUT2D eigenvalue weighted by atomic mass is 9.77. The van der Waals surface area contributed by atoms with Crippen molar-refractivity contribution in [2.75, 3.05) is 20.7 Å². The second-order valence-electron chi connectivity index (χ2n) is 17.4. The third kappa shape index (κ3) is 12.2. The van der Waals surface area contributed by atoms with E-state index >= 15 is 0 Å². The van der Waals surface area contributed by atoms with Gasteiger partial charge in [0.2, 0.25) is 6.23 Å². The van der Waals surface area contributed by atoms with Crippen molar-refractivity contribution in [3.63, 3.8) is 0 Å². The summed E-state index contributed by atoms with van der Waals surface area (Å²) in [6.45, 7) is 17.3. The van der Waals surface area contributed by atoms with Crippen molar-refractivity contribution in [3.8, 4) is 6.07 Å². The molecule has 57 heavy (non-hydrogen) atoms. The van der Waals surface area contributed by atoms with Gasteiger partial charge in [-0.25, -0.2) is 0 Å². The molecule has 2 unspecified atom stereocenters. The molecule has 14 nitrogen and oxygen atoms in total. The van der Waals surface area contributed by atoms with E-state index in [4.69, 9.17) is 33.2 Å². The van der Waals surface area contributed by atoms with Crippen LogP contribution in [0.2, 0.25) is 0 Å². The number of aliphatic hydroxyl groups excluding tert-OH is 1. The lowest BCUT2D eigenvalue weighted by Crippen LogP contribution is -2.59. The van der Waals surface area contributed by atoms with Gasteiger partial charge in [0.1, 0.15) is 23.9 Å². The highest BCUT2D eigenvalue weighted by molar-refractivity contribution is 5.73. The zero-order valence-corrected chi connectivity index (χ0v) is 35.8. The van der Waals surface area contributed by atoms with E-state index in [9.17, 15) is 38.5 Å². The van der Waals surface area contributed by atoms with Crippen molar-refractivity contribution in [2.24, 2.45) is 23.7 Å². The quantitative estimate of drug-likeness (QED) is 0.155. The van der Waals surface area contributed by atoms with Crippen LogP contribution in [-0.4, -0.2) is 133 Å². The van der Waals surface area contributed by atoms with Crippen molar-refractivity contribution in [1.29, 1.82) is 5.26 Å². The zero-order chi connectivity index (χ0) is 43.3. The summed E-state index contributed by atoms with van der Waals surface area (Å²) in [5.74, 6) is -3.40. The van der Waals surface area contributed by atoms with E-state index in [-0.39, 0.29) is 50.5 Å². The van der Waals surface area contributed by atoms with Crippen molar-refractivity contribution in [2.45, 2.75) is 198 Å². The fourth-order valence-corrected chi connectivity index (χ4v) is 8.92. The van der Waals surface area contributed by atoms with Gasteiger partial charge in [-0.05, 0) is 93.7 Å². The monoisotopic (exact) mass is 825 g/mol. The molecule has 3 rings (SSSR count). The third-order valence-corrected chi connectivity index (χ3v) is 12.4. The van der Waals surface area contributed by atoms with E-state index in [2.05, 4.69) is 16.7 Å². The first kappa shape index (κ1) is 49.7. The minimum Gasteiger partial charge on any atom is -0.459 e. The van der Waals surface area contributed by atoms with Crippen LogP contribution >= 0.6 is 0 Å². The Morgan fingerprint density at radius 1 is 1.05 bits per heavy atom. The third-order valence-electron chi connectivity index (χ3n) is 12.4. The lowest BCUT2D eigenvalue weighted by molar-refractivity contribution is -0.329. The molecular formula is C40H70F3N3O11. The summed E-state index contributed by atoms with van der Waals surface area (Å²) in [6, 6.07) is 1.53. The van der Waals surface area contributed by atoms with Crippen molar-refractivity contribution in [1.82, 2.24) is 10.6 Å². The summed E-state index contributed by atoms with van der Waals surface area (Å²) < 4.78 is 85.2. The Labute approximate surface area is 336 Å². The summed E-state index contributed by atoms with van der Waals surface area (Å²) in [4.78, 5) is 14.3. The molecule has 0 aliphatic carbocycles. The Hall–Kier alpha value is -1.69. The zero-order valence-electron chi connectivity index (χ0n) is 35.8. The molecule has 0 amide bonds. The highest BCUT2D eigenvalue weighted by Crippen LogP contribution is 2.42. The molecule has 3 aliphatic rings. The average Bonchev–Trinajstić information content (AvgIpc) is 3.12. The van der Waals surface area contributed by atoms with Gasteiger partial charge in [-0.3, -0.25) is 10.1 Å². The van der Waals surface area contributed by atoms with Crippen molar-refractivity contribution >= 4 is 5.97 Å². The first-order valence-corrected chi connectivity index (χ1v) is 20.4. The molecule has 3 fully saturated rings. The molecule has 5 N–H and O–H groups in total. The number of nitrogens with zero attached hydrogens (tertiary/aromatic N) is 1. The summed E-state index contributed by atoms with van der Waals surface area (Å²) in [6.07, 6.45) is -15.3. The Morgan fingerprint density at radius 3 is 2.26 bits per heavy atom. The van der Waals surface area contributed by atoms with Gasteiger partial charge in [0.25, 0.3) is 0 Å². The number of hydrogen-bond acceptors (Lipinski definition) is 14. The number of carbonyl (C=O) groups excluding carboxylic acids is 1. The van der Waals surface area contributed by atoms with Gasteiger partial charge in [0.15, 0.2) is 12.6 Å². The van der Waals surface area contributed by atoms with Crippen molar-refractivity contribution in [3.05, 3.63) is 0 Å². The molecule has 3 heterocycles. The molecule has 332 valence electrons. The number of aliphatic hydroxyl groups is 3. The molecule has 0 spiro atoms. The van der Waals surface area contributed by atoms with Crippen LogP contribution in [0.15, 0.2) is 0 Å². The van der Waals surface area contributed by atoms with E-state index in [1.165, 1.54) is 14.0 Å². The van der Waals surface area contributed by atoms with Crippen LogP contribution in [0.3, 0.4) is 0 Å². The van der Waals surface area contributed by atoms with Gasteiger partial charge < -0.3 is 53.8 Å². The normalized spacial score (nSPS) is 45.2. The van der Waals surface area contributed by atoms with Gasteiger partial charge in [-0.15, -0.1) is 0 Å². The minimum atomic E-state index is -4.74. The lowest BCUT2D eigenvalue weighted by Gasteiger charge is -2.49. The Bertz CT molecular complexity index is 1320. The van der Waals surface area contributed by atoms with Gasteiger partial charge in [-0.1, -0.05) is 20.8 Å². The van der Waals surface area contributed by atoms with E-state index in [1.807, 2.05) is 13.8 Å². The molecule has 17 heteroatoms. The van der Waals surface area contributed by atoms with Gasteiger partial charge in [0.05, 0.1) is 47.6 Å². The first-order chi connectivity index (χ1) is 26.4. The standard InChI is InChI=1S/C40H70F3N3O11/c1-13-29-39(10,50)32(47)25(6)46-20-21(2)18-37(8,49)33(57-35-28(15-14-22(3)52-35)54-36(45-11)40(41,42)43)23(4)31(24(5)34(48)55-29)56-30-19-38(9,51-12)27(16-17-44)26(7)53-30/h21-33,35-36,45-47,49-50H,13-16,18-20H2,1-12H3/t21-,22-,23+,24-,25-,26+,27?,28-,29-,30+,31+,32-,33-,35+,36?,37-,38-,39-/m1/s1. The van der Waals surface area contributed by atoms with Gasteiger partial charge >= 0.3 is 12.1 Å². The van der Waals surface area contributed by atoms with E-state index < -0.39 is 108 Å². The molecule has 3 aliphatic heterocycles. The molecular weight excluding hydrogens is 755 g/mol. The van der Waals surface area contributed by atoms with E-state index in [1.54, 1.807) is 48.5 Å². The summed E-state index contributed by atoms with van der Waals surface area (Å²) in [7, 11) is 2.68. The fraction of sp³-hybridized carbons (Fsp3) is 0.950. The molecule has 0 aromatic carbocycles. The number of nitrogens with one attached hydrogen (secondary N) is 2. The Balaban J connectivity index is 2.18. The molecule has 18 atom stereocenters. The topological polar surface area (TPSA) is 190 Å². The van der Waals surface area contributed by atoms with E-state index in [0.717, 1.165) is 7.05 Å². The smallest absolute Gasteiger partial charge is 0.428 e.